The Bertz CT molecular complexity index is 1200. The third kappa shape index (κ3) is 6.20. The second-order valence-electron chi connectivity index (χ2n) is 11.1. The van der Waals surface area contributed by atoms with E-state index < -0.39 is 12.2 Å². The molecule has 2 amide bonds. The van der Waals surface area contributed by atoms with Crippen LogP contribution in [0.2, 0.25) is 0 Å². The van der Waals surface area contributed by atoms with Crippen LogP contribution in [0.4, 0.5) is 16.2 Å². The molecule has 1 aliphatic rings. The van der Waals surface area contributed by atoms with Gasteiger partial charge in [0.1, 0.15) is 11.6 Å². The first-order chi connectivity index (χ1) is 17.5. The van der Waals surface area contributed by atoms with Crippen molar-refractivity contribution < 1.29 is 15.0 Å². The fraction of sp³-hybridized carbons (Fsp3) is 0.519. The molecule has 0 bridgehead atoms. The minimum Gasteiger partial charge on any atom is -0.397 e. The number of aliphatic hydroxyl groups excluding tert-OH is 2. The molecule has 2 aromatic heterocycles. The Labute approximate surface area is 217 Å². The van der Waals surface area contributed by atoms with Gasteiger partial charge >= 0.3 is 6.03 Å². The lowest BCUT2D eigenvalue weighted by Gasteiger charge is -2.23. The number of hydrogen-bond acceptors (Lipinski definition) is 7. The van der Waals surface area contributed by atoms with Crippen molar-refractivity contribution in [2.75, 3.05) is 37.7 Å². The molecule has 6 N–H and O–H groups in total. The smallest absolute Gasteiger partial charge is 0.319 e. The monoisotopic (exact) mass is 509 g/mol. The number of urea groups is 1. The number of nitrogens with zero attached hydrogens (tertiary/aromatic N) is 4. The summed E-state index contributed by atoms with van der Waals surface area (Å²) in [5.41, 5.74) is 9.78. The maximum atomic E-state index is 12.2. The number of anilines is 2. The lowest BCUT2D eigenvalue weighted by atomic mass is 9.87. The highest BCUT2D eigenvalue weighted by atomic mass is 16.3. The molecule has 0 aliphatic heterocycles. The fourth-order valence-corrected chi connectivity index (χ4v) is 5.02. The largest absolute Gasteiger partial charge is 0.397 e. The van der Waals surface area contributed by atoms with Crippen LogP contribution >= 0.6 is 0 Å². The molecule has 0 spiro atoms. The van der Waals surface area contributed by atoms with Gasteiger partial charge in [-0.3, -0.25) is 0 Å². The van der Waals surface area contributed by atoms with Crippen molar-refractivity contribution in [3.63, 3.8) is 0 Å². The van der Waals surface area contributed by atoms with Gasteiger partial charge < -0.3 is 36.0 Å². The van der Waals surface area contributed by atoms with E-state index in [-0.39, 0.29) is 23.4 Å². The van der Waals surface area contributed by atoms with Gasteiger partial charge in [-0.2, -0.15) is 0 Å². The molecule has 200 valence electrons. The van der Waals surface area contributed by atoms with Crippen LogP contribution in [0, 0.1) is 5.92 Å². The number of imidazole rings is 1. The molecule has 0 unspecified atom stereocenters. The molecule has 0 saturated heterocycles. The van der Waals surface area contributed by atoms with Gasteiger partial charge in [-0.1, -0.05) is 32.9 Å². The number of carbonyl (C=O) groups is 1. The summed E-state index contributed by atoms with van der Waals surface area (Å²) in [4.78, 5) is 23.1. The third-order valence-corrected chi connectivity index (χ3v) is 7.18. The molecule has 4 atom stereocenters. The van der Waals surface area contributed by atoms with Crippen molar-refractivity contribution in [1.82, 2.24) is 24.8 Å². The number of benzene rings is 1. The molecule has 1 aromatic carbocycles. The first-order valence-corrected chi connectivity index (χ1v) is 12.8. The summed E-state index contributed by atoms with van der Waals surface area (Å²) in [5.74, 6) is -0.101. The lowest BCUT2D eigenvalue weighted by molar-refractivity contribution is 0.00164. The van der Waals surface area contributed by atoms with Gasteiger partial charge in [0.05, 0.1) is 24.2 Å². The quantitative estimate of drug-likeness (QED) is 0.294. The van der Waals surface area contributed by atoms with E-state index in [2.05, 4.69) is 46.3 Å². The molecular formula is C27H39N7O3. The number of fused-ring (bicyclic) bond motifs is 1. The molecule has 10 nitrogen and oxygen atoms in total. The van der Waals surface area contributed by atoms with Gasteiger partial charge in [0.25, 0.3) is 0 Å². The summed E-state index contributed by atoms with van der Waals surface area (Å²) >= 11 is 0. The minimum atomic E-state index is -0.915. The first kappa shape index (κ1) is 26.8. The van der Waals surface area contributed by atoms with Crippen LogP contribution < -0.4 is 16.4 Å². The van der Waals surface area contributed by atoms with E-state index in [4.69, 9.17) is 5.73 Å². The molecule has 4 rings (SSSR count). The normalized spacial score (nSPS) is 22.0. The molecular weight excluding hydrogens is 470 g/mol. The number of nitrogens with one attached hydrogen (secondary N) is 2. The summed E-state index contributed by atoms with van der Waals surface area (Å²) in [5, 5.41) is 27.3. The van der Waals surface area contributed by atoms with Crippen LogP contribution in [0.5, 0.6) is 0 Å². The average Bonchev–Trinajstić information content (AvgIpc) is 3.39. The lowest BCUT2D eigenvalue weighted by Crippen LogP contribution is -2.36. The van der Waals surface area contributed by atoms with Gasteiger partial charge in [-0.15, -0.1) is 0 Å². The van der Waals surface area contributed by atoms with E-state index in [1.165, 1.54) is 5.56 Å². The van der Waals surface area contributed by atoms with Gasteiger partial charge in [-0.05, 0) is 55.6 Å². The van der Waals surface area contributed by atoms with Crippen molar-refractivity contribution in [3.05, 3.63) is 48.4 Å². The number of nitrogen functional groups attached to an aromatic ring is 1. The van der Waals surface area contributed by atoms with Crippen molar-refractivity contribution in [3.8, 4) is 0 Å². The summed E-state index contributed by atoms with van der Waals surface area (Å²) < 4.78 is 1.82. The van der Waals surface area contributed by atoms with Crippen LogP contribution in [0.1, 0.15) is 45.2 Å². The standard InChI is InChI=1S/C27H39N7O3/c1-27(2,3)18-6-8-19(9-7-18)32-26(37)30-11-5-13-33(4)15-17-14-21(24(36)23(17)35)34-16-31-22-20(28)10-12-29-25(22)34/h6-10,12,16-17,21,23-24,35-36H,5,11,13-15H2,1-4H3,(H2,28,29)(H2,30,32,37)/t17-,21-,23-,24+/m1/s1. The van der Waals surface area contributed by atoms with E-state index in [1.807, 2.05) is 35.9 Å². The number of rotatable bonds is 8. The Balaban J connectivity index is 1.21. The number of pyridine rings is 1. The summed E-state index contributed by atoms with van der Waals surface area (Å²) in [7, 11) is 1.98. The zero-order chi connectivity index (χ0) is 26.7. The Morgan fingerprint density at radius 1 is 1.16 bits per heavy atom. The molecule has 10 heteroatoms. The Morgan fingerprint density at radius 2 is 1.89 bits per heavy atom. The number of aliphatic hydroxyl groups is 2. The SMILES string of the molecule is CN(CCCNC(=O)Nc1ccc(C(C)(C)C)cc1)C[C@H]1C[C@@H](n2cnc3c(N)ccnc32)[C@H](O)[C@@H]1O. The van der Waals surface area contributed by atoms with E-state index in [0.717, 1.165) is 18.7 Å². The van der Waals surface area contributed by atoms with Crippen molar-refractivity contribution >= 4 is 28.6 Å². The number of hydrogen-bond donors (Lipinski definition) is 5. The van der Waals surface area contributed by atoms with E-state index in [1.54, 1.807) is 18.6 Å². The van der Waals surface area contributed by atoms with Crippen LogP contribution in [0.25, 0.3) is 11.2 Å². The minimum absolute atomic E-state index is 0.0694. The Morgan fingerprint density at radius 3 is 2.59 bits per heavy atom. The van der Waals surface area contributed by atoms with Crippen LogP contribution in [0.15, 0.2) is 42.9 Å². The van der Waals surface area contributed by atoms with Crippen molar-refractivity contribution in [1.29, 1.82) is 0 Å². The summed E-state index contributed by atoms with van der Waals surface area (Å²) in [6.07, 6.45) is 2.85. The highest BCUT2D eigenvalue weighted by Crippen LogP contribution is 2.37. The van der Waals surface area contributed by atoms with Gasteiger partial charge in [-0.25, -0.2) is 14.8 Å². The topological polar surface area (TPSA) is 142 Å². The average molecular weight is 510 g/mol. The van der Waals surface area contributed by atoms with Crippen molar-refractivity contribution in [2.45, 2.75) is 57.3 Å². The molecule has 37 heavy (non-hydrogen) atoms. The molecule has 0 radical (unpaired) electrons. The predicted octanol–water partition coefficient (Wildman–Crippen LogP) is 2.74. The first-order valence-electron chi connectivity index (χ1n) is 12.8. The maximum Gasteiger partial charge on any atom is 0.319 e. The zero-order valence-corrected chi connectivity index (χ0v) is 22.1. The number of nitrogens with two attached hydrogens (primary N) is 1. The molecule has 1 aliphatic carbocycles. The number of aromatic nitrogens is 3. The second kappa shape index (κ2) is 11.0. The molecule has 1 saturated carbocycles. The van der Waals surface area contributed by atoms with E-state index in [0.29, 0.717) is 36.4 Å². The van der Waals surface area contributed by atoms with Crippen LogP contribution in [-0.4, -0.2) is 74.6 Å². The maximum absolute atomic E-state index is 12.2. The van der Waals surface area contributed by atoms with Gasteiger partial charge in [0.2, 0.25) is 0 Å². The Kier molecular flexibility index (Phi) is 8.01. The van der Waals surface area contributed by atoms with E-state index in [9.17, 15) is 15.0 Å². The third-order valence-electron chi connectivity index (χ3n) is 7.18. The Hall–Kier alpha value is -3.21. The highest BCUT2D eigenvalue weighted by Gasteiger charge is 2.43. The highest BCUT2D eigenvalue weighted by molar-refractivity contribution is 5.89. The molecule has 2 heterocycles. The molecule has 3 aromatic rings. The fourth-order valence-electron chi connectivity index (χ4n) is 5.02. The summed E-state index contributed by atoms with van der Waals surface area (Å²) in [6, 6.07) is 9.04. The summed E-state index contributed by atoms with van der Waals surface area (Å²) in [6.45, 7) is 8.37. The van der Waals surface area contributed by atoms with Gasteiger partial charge in [0.15, 0.2) is 5.65 Å². The second-order valence-corrected chi connectivity index (χ2v) is 11.1. The number of amides is 2. The molecule has 1 fully saturated rings. The number of carbonyl (C=O) groups excluding carboxylic acids is 1. The van der Waals surface area contributed by atoms with Crippen LogP contribution in [-0.2, 0) is 5.41 Å². The van der Waals surface area contributed by atoms with Crippen molar-refractivity contribution in [2.24, 2.45) is 5.92 Å². The zero-order valence-electron chi connectivity index (χ0n) is 22.1. The van der Waals surface area contributed by atoms with Crippen LogP contribution in [0.3, 0.4) is 0 Å². The van der Waals surface area contributed by atoms with Gasteiger partial charge in [0, 0.05) is 30.9 Å². The van der Waals surface area contributed by atoms with E-state index >= 15 is 0 Å². The predicted molar refractivity (Wildman–Crippen MR) is 145 cm³/mol.